The number of carbonyl (C=O) groups excluding carboxylic acids is 1. The van der Waals surface area contributed by atoms with Gasteiger partial charge in [0.2, 0.25) is 0 Å². The Kier molecular flexibility index (Phi) is 4.46. The van der Waals surface area contributed by atoms with Gasteiger partial charge >= 0.3 is 5.69 Å². The number of benzene rings is 1. The van der Waals surface area contributed by atoms with Crippen molar-refractivity contribution in [2.75, 3.05) is 13.2 Å². The fourth-order valence-corrected chi connectivity index (χ4v) is 2.04. The van der Waals surface area contributed by atoms with Crippen molar-refractivity contribution in [3.8, 4) is 5.75 Å². The summed E-state index contributed by atoms with van der Waals surface area (Å²) in [6, 6.07) is 4.17. The minimum atomic E-state index is -0.547. The Morgan fingerprint density at radius 1 is 1.53 bits per heavy atom. The predicted molar refractivity (Wildman–Crippen MR) is 67.6 cm³/mol. The summed E-state index contributed by atoms with van der Waals surface area (Å²) < 4.78 is 10.9. The van der Waals surface area contributed by atoms with E-state index < -0.39 is 4.92 Å². The molecular weight excluding hydrogens is 250 g/mol. The smallest absolute Gasteiger partial charge is 0.311 e. The molecule has 0 N–H and O–H groups in total. The van der Waals surface area contributed by atoms with Gasteiger partial charge in [-0.15, -0.1) is 0 Å². The van der Waals surface area contributed by atoms with Crippen LogP contribution in [0.5, 0.6) is 5.75 Å². The Bertz CT molecular complexity index is 468. The number of hydrogen-bond donors (Lipinski definition) is 0. The van der Waals surface area contributed by atoms with Crippen molar-refractivity contribution in [1.29, 1.82) is 0 Å². The van der Waals surface area contributed by atoms with Gasteiger partial charge < -0.3 is 9.47 Å². The number of nitrogens with zero attached hydrogens (tertiary/aromatic N) is 1. The standard InChI is InChI=1S/C13H15NO5/c15-9-10-3-4-13(12(8-10)14(16)17)19-7-5-11-2-1-6-18-11/h3-4,8-9,11H,1-2,5-7H2. The second-order valence-corrected chi connectivity index (χ2v) is 4.37. The summed E-state index contributed by atoms with van der Waals surface area (Å²) in [6.07, 6.45) is 3.54. The van der Waals surface area contributed by atoms with Gasteiger partial charge in [-0.25, -0.2) is 0 Å². The molecule has 1 aromatic carbocycles. The van der Waals surface area contributed by atoms with Gasteiger partial charge in [0.25, 0.3) is 0 Å². The van der Waals surface area contributed by atoms with Gasteiger partial charge in [0.15, 0.2) is 5.75 Å². The average molecular weight is 265 g/mol. The molecule has 1 heterocycles. The molecule has 1 saturated heterocycles. The number of nitro groups is 1. The van der Waals surface area contributed by atoms with Gasteiger partial charge in [-0.1, -0.05) is 0 Å². The number of aldehydes is 1. The zero-order valence-corrected chi connectivity index (χ0v) is 10.4. The highest BCUT2D eigenvalue weighted by molar-refractivity contribution is 5.77. The molecule has 0 bridgehead atoms. The second-order valence-electron chi connectivity index (χ2n) is 4.37. The fraction of sp³-hybridized carbons (Fsp3) is 0.462. The van der Waals surface area contributed by atoms with Gasteiger partial charge in [0.05, 0.1) is 17.6 Å². The van der Waals surface area contributed by atoms with Gasteiger partial charge in [-0.3, -0.25) is 14.9 Å². The first-order valence-electron chi connectivity index (χ1n) is 6.18. The van der Waals surface area contributed by atoms with E-state index in [4.69, 9.17) is 9.47 Å². The van der Waals surface area contributed by atoms with E-state index in [0.717, 1.165) is 19.4 Å². The summed E-state index contributed by atoms with van der Waals surface area (Å²) in [5, 5.41) is 10.9. The van der Waals surface area contributed by atoms with E-state index in [2.05, 4.69) is 0 Å². The number of rotatable bonds is 6. The molecule has 1 fully saturated rings. The molecule has 0 spiro atoms. The van der Waals surface area contributed by atoms with Crippen LogP contribution in [-0.2, 0) is 4.74 Å². The summed E-state index contributed by atoms with van der Waals surface area (Å²) >= 11 is 0. The molecule has 19 heavy (non-hydrogen) atoms. The molecular formula is C13H15NO5. The maximum atomic E-state index is 10.9. The first-order chi connectivity index (χ1) is 9.20. The zero-order chi connectivity index (χ0) is 13.7. The van der Waals surface area contributed by atoms with Crippen molar-refractivity contribution >= 4 is 12.0 Å². The molecule has 0 aromatic heterocycles. The number of carbonyl (C=O) groups is 1. The van der Waals surface area contributed by atoms with Crippen LogP contribution in [0.4, 0.5) is 5.69 Å². The van der Waals surface area contributed by atoms with Crippen molar-refractivity contribution in [2.45, 2.75) is 25.4 Å². The van der Waals surface area contributed by atoms with E-state index in [1.54, 1.807) is 0 Å². The van der Waals surface area contributed by atoms with E-state index in [1.165, 1.54) is 18.2 Å². The van der Waals surface area contributed by atoms with E-state index in [0.29, 0.717) is 19.3 Å². The molecule has 1 unspecified atom stereocenters. The third-order valence-electron chi connectivity index (χ3n) is 3.04. The molecule has 1 aliphatic heterocycles. The third-order valence-corrected chi connectivity index (χ3v) is 3.04. The normalized spacial score (nSPS) is 18.2. The van der Waals surface area contributed by atoms with E-state index in [9.17, 15) is 14.9 Å². The molecule has 1 atom stereocenters. The Morgan fingerprint density at radius 2 is 2.37 bits per heavy atom. The summed E-state index contributed by atoms with van der Waals surface area (Å²) in [7, 11) is 0. The Hall–Kier alpha value is -1.95. The third kappa shape index (κ3) is 3.51. The molecule has 1 aliphatic rings. The molecule has 102 valence electrons. The lowest BCUT2D eigenvalue weighted by Gasteiger charge is -2.10. The van der Waals surface area contributed by atoms with Crippen LogP contribution < -0.4 is 4.74 Å². The zero-order valence-electron chi connectivity index (χ0n) is 10.4. The van der Waals surface area contributed by atoms with Crippen molar-refractivity contribution in [1.82, 2.24) is 0 Å². The van der Waals surface area contributed by atoms with Crippen LogP contribution >= 0.6 is 0 Å². The minimum absolute atomic E-state index is 0.183. The lowest BCUT2D eigenvalue weighted by Crippen LogP contribution is -2.11. The van der Waals surface area contributed by atoms with Gasteiger partial charge in [-0.2, -0.15) is 0 Å². The van der Waals surface area contributed by atoms with Crippen molar-refractivity contribution in [2.24, 2.45) is 0 Å². The van der Waals surface area contributed by atoms with Crippen LogP contribution in [0.15, 0.2) is 18.2 Å². The lowest BCUT2D eigenvalue weighted by atomic mass is 10.2. The molecule has 1 aromatic rings. The predicted octanol–water partition coefficient (Wildman–Crippen LogP) is 2.36. The summed E-state index contributed by atoms with van der Waals surface area (Å²) in [4.78, 5) is 20.9. The summed E-state index contributed by atoms with van der Waals surface area (Å²) in [5.74, 6) is 0.189. The molecule has 0 aliphatic carbocycles. The van der Waals surface area contributed by atoms with Gasteiger partial charge in [0.1, 0.15) is 6.29 Å². The highest BCUT2D eigenvalue weighted by Gasteiger charge is 2.18. The average Bonchev–Trinajstić information content (AvgIpc) is 2.92. The van der Waals surface area contributed by atoms with Crippen molar-refractivity contribution in [3.63, 3.8) is 0 Å². The summed E-state index contributed by atoms with van der Waals surface area (Å²) in [6.45, 7) is 1.14. The summed E-state index contributed by atoms with van der Waals surface area (Å²) in [5.41, 5.74) is 0.0788. The molecule has 0 saturated carbocycles. The van der Waals surface area contributed by atoms with Gasteiger partial charge in [-0.05, 0) is 25.0 Å². The maximum Gasteiger partial charge on any atom is 0.311 e. The first-order valence-corrected chi connectivity index (χ1v) is 6.18. The number of nitro benzene ring substituents is 1. The van der Waals surface area contributed by atoms with E-state index in [1.807, 2.05) is 0 Å². The maximum absolute atomic E-state index is 10.9. The van der Waals surface area contributed by atoms with Crippen LogP contribution in [0.3, 0.4) is 0 Å². The molecule has 0 radical (unpaired) electrons. The number of hydrogen-bond acceptors (Lipinski definition) is 5. The Labute approximate surface area is 110 Å². The van der Waals surface area contributed by atoms with Crippen LogP contribution in [0.1, 0.15) is 29.6 Å². The molecule has 6 nitrogen and oxygen atoms in total. The monoisotopic (exact) mass is 265 g/mol. The van der Waals surface area contributed by atoms with Crippen LogP contribution in [-0.4, -0.2) is 30.5 Å². The molecule has 0 amide bonds. The van der Waals surface area contributed by atoms with Crippen LogP contribution in [0, 0.1) is 10.1 Å². The van der Waals surface area contributed by atoms with E-state index in [-0.39, 0.29) is 23.1 Å². The topological polar surface area (TPSA) is 78.7 Å². The SMILES string of the molecule is O=Cc1ccc(OCCC2CCCO2)c([N+](=O)[O-])c1. The molecule has 2 rings (SSSR count). The van der Waals surface area contributed by atoms with Gasteiger partial charge in [0, 0.05) is 24.7 Å². The van der Waals surface area contributed by atoms with Crippen molar-refractivity contribution < 1.29 is 19.2 Å². The Balaban J connectivity index is 1.98. The quantitative estimate of drug-likeness (QED) is 0.448. The van der Waals surface area contributed by atoms with Crippen molar-refractivity contribution in [3.05, 3.63) is 33.9 Å². The van der Waals surface area contributed by atoms with E-state index >= 15 is 0 Å². The Morgan fingerprint density at radius 3 is 3.00 bits per heavy atom. The first kappa shape index (κ1) is 13.5. The lowest BCUT2D eigenvalue weighted by molar-refractivity contribution is -0.385. The fourth-order valence-electron chi connectivity index (χ4n) is 2.04. The minimum Gasteiger partial charge on any atom is -0.487 e. The largest absolute Gasteiger partial charge is 0.487 e. The highest BCUT2D eigenvalue weighted by atomic mass is 16.6. The van der Waals surface area contributed by atoms with Crippen LogP contribution in [0.25, 0.3) is 0 Å². The second kappa shape index (κ2) is 6.29. The highest BCUT2D eigenvalue weighted by Crippen LogP contribution is 2.28. The van der Waals surface area contributed by atoms with Crippen LogP contribution in [0.2, 0.25) is 0 Å². The molecule has 6 heteroatoms. The number of ether oxygens (including phenoxy) is 2.